The van der Waals surface area contributed by atoms with E-state index in [4.69, 9.17) is 10.5 Å². The van der Waals surface area contributed by atoms with Crippen LogP contribution < -0.4 is 10.5 Å². The molecule has 0 aliphatic rings. The van der Waals surface area contributed by atoms with Gasteiger partial charge in [-0.2, -0.15) is 0 Å². The number of nitrogens with zero attached hydrogens (tertiary/aromatic N) is 1. The highest BCUT2D eigenvalue weighted by atomic mass is 16.5. The van der Waals surface area contributed by atoms with Gasteiger partial charge in [0.1, 0.15) is 5.75 Å². The zero-order valence-corrected chi connectivity index (χ0v) is 9.84. The van der Waals surface area contributed by atoms with Crippen LogP contribution in [0.3, 0.4) is 0 Å². The molecule has 2 aromatic rings. The molecule has 1 aromatic carbocycles. The Hall–Kier alpha value is -1.87. The average molecular weight is 228 g/mol. The van der Waals surface area contributed by atoms with Gasteiger partial charge in [0.2, 0.25) is 0 Å². The lowest BCUT2D eigenvalue weighted by Gasteiger charge is -2.16. The Balaban J connectivity index is 2.33. The van der Waals surface area contributed by atoms with E-state index in [-0.39, 0.29) is 6.04 Å². The minimum Gasteiger partial charge on any atom is -0.494 e. The Morgan fingerprint density at radius 3 is 2.76 bits per heavy atom. The highest BCUT2D eigenvalue weighted by molar-refractivity contribution is 5.40. The highest BCUT2D eigenvalue weighted by Gasteiger charge is 2.13. The fourth-order valence-corrected chi connectivity index (χ4v) is 1.76. The predicted octanol–water partition coefficient (Wildman–Crippen LogP) is 2.53. The summed E-state index contributed by atoms with van der Waals surface area (Å²) in [4.78, 5) is 4.09. The van der Waals surface area contributed by atoms with E-state index >= 15 is 0 Å². The molecule has 0 fully saturated rings. The van der Waals surface area contributed by atoms with Gasteiger partial charge in [-0.05, 0) is 24.6 Å². The lowest BCUT2D eigenvalue weighted by atomic mass is 10.0. The molecule has 0 saturated heterocycles. The molecule has 0 radical (unpaired) electrons. The van der Waals surface area contributed by atoms with Crippen molar-refractivity contribution in [3.63, 3.8) is 0 Å². The van der Waals surface area contributed by atoms with Crippen LogP contribution in [-0.4, -0.2) is 11.6 Å². The highest BCUT2D eigenvalue weighted by Crippen LogP contribution is 2.27. The summed E-state index contributed by atoms with van der Waals surface area (Å²) < 4.78 is 5.58. The molecule has 2 rings (SSSR count). The first-order valence-corrected chi connectivity index (χ1v) is 5.70. The lowest BCUT2D eigenvalue weighted by molar-refractivity contribution is 0.335. The molecule has 1 aromatic heterocycles. The van der Waals surface area contributed by atoms with Crippen molar-refractivity contribution in [1.29, 1.82) is 0 Å². The van der Waals surface area contributed by atoms with Crippen LogP contribution in [0.1, 0.15) is 24.1 Å². The van der Waals surface area contributed by atoms with Crippen molar-refractivity contribution in [1.82, 2.24) is 4.98 Å². The predicted molar refractivity (Wildman–Crippen MR) is 67.9 cm³/mol. The minimum atomic E-state index is -0.202. The van der Waals surface area contributed by atoms with Crippen LogP contribution in [0.15, 0.2) is 48.8 Å². The van der Waals surface area contributed by atoms with Gasteiger partial charge in [0.05, 0.1) is 12.6 Å². The van der Waals surface area contributed by atoms with E-state index in [0.717, 1.165) is 16.9 Å². The number of aromatic nitrogens is 1. The van der Waals surface area contributed by atoms with Crippen molar-refractivity contribution in [3.8, 4) is 5.75 Å². The Bertz CT molecular complexity index is 471. The fourth-order valence-electron chi connectivity index (χ4n) is 1.76. The van der Waals surface area contributed by atoms with Gasteiger partial charge in [-0.25, -0.2) is 0 Å². The van der Waals surface area contributed by atoms with E-state index in [1.165, 1.54) is 0 Å². The summed E-state index contributed by atoms with van der Waals surface area (Å²) in [6.45, 7) is 2.60. The van der Waals surface area contributed by atoms with Crippen molar-refractivity contribution >= 4 is 0 Å². The summed E-state index contributed by atoms with van der Waals surface area (Å²) in [5, 5.41) is 0. The molecule has 0 bridgehead atoms. The number of hydrogen-bond donors (Lipinski definition) is 1. The average Bonchev–Trinajstić information content (AvgIpc) is 2.40. The molecule has 0 aliphatic carbocycles. The number of nitrogens with two attached hydrogens (primary N) is 1. The Morgan fingerprint density at radius 1 is 1.24 bits per heavy atom. The quantitative estimate of drug-likeness (QED) is 0.874. The summed E-state index contributed by atoms with van der Waals surface area (Å²) >= 11 is 0. The maximum Gasteiger partial charge on any atom is 0.124 e. The molecule has 3 nitrogen and oxygen atoms in total. The summed E-state index contributed by atoms with van der Waals surface area (Å²) in [6, 6.07) is 11.5. The van der Waals surface area contributed by atoms with Crippen LogP contribution >= 0.6 is 0 Å². The normalized spacial score (nSPS) is 12.1. The van der Waals surface area contributed by atoms with Crippen molar-refractivity contribution in [2.45, 2.75) is 13.0 Å². The topological polar surface area (TPSA) is 48.1 Å². The molecular formula is C14H16N2O. The van der Waals surface area contributed by atoms with Crippen LogP contribution in [0.5, 0.6) is 5.75 Å². The zero-order chi connectivity index (χ0) is 12.1. The standard InChI is InChI=1S/C14H16N2O/c1-2-17-13-8-4-3-7-12(13)14(15)11-6-5-9-16-10-11/h3-10,14H,2,15H2,1H3. The van der Waals surface area contributed by atoms with E-state index in [9.17, 15) is 0 Å². The van der Waals surface area contributed by atoms with Gasteiger partial charge in [-0.15, -0.1) is 0 Å². The Kier molecular flexibility index (Phi) is 3.73. The van der Waals surface area contributed by atoms with Crippen LogP contribution in [0, 0.1) is 0 Å². The first kappa shape index (κ1) is 11.6. The summed E-state index contributed by atoms with van der Waals surface area (Å²) in [7, 11) is 0. The molecule has 17 heavy (non-hydrogen) atoms. The molecule has 2 N–H and O–H groups in total. The van der Waals surface area contributed by atoms with Gasteiger partial charge in [0.15, 0.2) is 0 Å². The van der Waals surface area contributed by atoms with Gasteiger partial charge >= 0.3 is 0 Å². The second-order valence-corrected chi connectivity index (χ2v) is 3.73. The van der Waals surface area contributed by atoms with E-state index in [2.05, 4.69) is 4.98 Å². The third-order valence-electron chi connectivity index (χ3n) is 2.60. The molecule has 0 aliphatic heterocycles. The molecular weight excluding hydrogens is 212 g/mol. The number of benzene rings is 1. The third-order valence-corrected chi connectivity index (χ3v) is 2.60. The fraction of sp³-hybridized carbons (Fsp3) is 0.214. The molecule has 0 amide bonds. The number of pyridine rings is 1. The van der Waals surface area contributed by atoms with Crippen LogP contribution in [0.4, 0.5) is 0 Å². The van der Waals surface area contributed by atoms with Gasteiger partial charge in [0.25, 0.3) is 0 Å². The number of para-hydroxylation sites is 1. The van der Waals surface area contributed by atoms with Crippen molar-refractivity contribution in [2.75, 3.05) is 6.61 Å². The summed E-state index contributed by atoms with van der Waals surface area (Å²) in [5.41, 5.74) is 8.20. The van der Waals surface area contributed by atoms with E-state index in [0.29, 0.717) is 6.61 Å². The summed E-state index contributed by atoms with van der Waals surface area (Å²) in [5.74, 6) is 0.839. The Labute approximate surface area is 101 Å². The number of hydrogen-bond acceptors (Lipinski definition) is 3. The van der Waals surface area contributed by atoms with Crippen LogP contribution in [0.2, 0.25) is 0 Å². The minimum absolute atomic E-state index is 0.202. The molecule has 1 atom stereocenters. The molecule has 0 saturated carbocycles. The van der Waals surface area contributed by atoms with Gasteiger partial charge in [-0.1, -0.05) is 24.3 Å². The van der Waals surface area contributed by atoms with Gasteiger partial charge in [-0.3, -0.25) is 4.98 Å². The second kappa shape index (κ2) is 5.46. The van der Waals surface area contributed by atoms with Gasteiger partial charge in [0, 0.05) is 18.0 Å². The first-order chi connectivity index (χ1) is 8.33. The van der Waals surface area contributed by atoms with E-state index in [1.54, 1.807) is 12.4 Å². The third kappa shape index (κ3) is 2.63. The molecule has 88 valence electrons. The van der Waals surface area contributed by atoms with Crippen LogP contribution in [-0.2, 0) is 0 Å². The number of rotatable bonds is 4. The monoisotopic (exact) mass is 228 g/mol. The van der Waals surface area contributed by atoms with Crippen molar-refractivity contribution in [3.05, 3.63) is 59.9 Å². The smallest absolute Gasteiger partial charge is 0.124 e. The first-order valence-electron chi connectivity index (χ1n) is 5.70. The van der Waals surface area contributed by atoms with Crippen molar-refractivity contribution < 1.29 is 4.74 Å². The van der Waals surface area contributed by atoms with E-state index < -0.39 is 0 Å². The second-order valence-electron chi connectivity index (χ2n) is 3.73. The van der Waals surface area contributed by atoms with Gasteiger partial charge < -0.3 is 10.5 Å². The molecule has 3 heteroatoms. The van der Waals surface area contributed by atoms with Crippen LogP contribution in [0.25, 0.3) is 0 Å². The van der Waals surface area contributed by atoms with E-state index in [1.807, 2.05) is 43.3 Å². The SMILES string of the molecule is CCOc1ccccc1C(N)c1cccnc1. The zero-order valence-electron chi connectivity index (χ0n) is 9.84. The largest absolute Gasteiger partial charge is 0.494 e. The molecule has 1 unspecified atom stereocenters. The molecule has 0 spiro atoms. The summed E-state index contributed by atoms with van der Waals surface area (Å²) in [6.07, 6.45) is 3.53. The van der Waals surface area contributed by atoms with Crippen molar-refractivity contribution in [2.24, 2.45) is 5.73 Å². The maximum atomic E-state index is 6.23. The lowest BCUT2D eigenvalue weighted by Crippen LogP contribution is -2.13. The molecule has 1 heterocycles. The Morgan fingerprint density at radius 2 is 2.06 bits per heavy atom. The maximum absolute atomic E-state index is 6.23. The number of ether oxygens (including phenoxy) is 1.